The highest BCUT2D eigenvalue weighted by molar-refractivity contribution is 9.10. The fourth-order valence-corrected chi connectivity index (χ4v) is 7.10. The van der Waals surface area contributed by atoms with Gasteiger partial charge in [0.2, 0.25) is 10.0 Å². The second-order valence-corrected chi connectivity index (χ2v) is 13.0. The molecule has 0 amide bonds. The van der Waals surface area contributed by atoms with Crippen molar-refractivity contribution in [1.82, 2.24) is 4.31 Å². The lowest BCUT2D eigenvalue weighted by Crippen LogP contribution is -2.42. The van der Waals surface area contributed by atoms with Crippen molar-refractivity contribution in [3.05, 3.63) is 105 Å². The molecule has 0 aliphatic heterocycles. The van der Waals surface area contributed by atoms with E-state index >= 15 is 0 Å². The fraction of sp³-hybridized carbons (Fsp3) is 0.194. The minimum Gasteiger partial charge on any atom is -0.497 e. The Labute approximate surface area is 274 Å². The van der Waals surface area contributed by atoms with Gasteiger partial charge in [0.1, 0.15) is 40.5 Å². The van der Waals surface area contributed by atoms with Crippen LogP contribution in [-0.2, 0) is 28.0 Å². The van der Waals surface area contributed by atoms with E-state index in [0.717, 1.165) is 9.87 Å². The first-order valence-electron chi connectivity index (χ1n) is 13.0. The number of hydrogen-bond acceptors (Lipinski definition) is 7. The smallest absolute Gasteiger partial charge is 0.321 e. The van der Waals surface area contributed by atoms with Gasteiger partial charge in [-0.15, -0.1) is 0 Å². The van der Waals surface area contributed by atoms with E-state index in [-0.39, 0.29) is 45.3 Å². The summed E-state index contributed by atoms with van der Waals surface area (Å²) in [6, 6.07) is 19.6. The third-order valence-electron chi connectivity index (χ3n) is 6.53. The van der Waals surface area contributed by atoms with Crippen LogP contribution >= 0.6 is 39.1 Å². The molecule has 44 heavy (non-hydrogen) atoms. The van der Waals surface area contributed by atoms with Crippen molar-refractivity contribution in [2.75, 3.05) is 14.2 Å². The molecule has 9 nitrogen and oxygen atoms in total. The van der Waals surface area contributed by atoms with Gasteiger partial charge < -0.3 is 24.1 Å². The van der Waals surface area contributed by atoms with Crippen LogP contribution in [0, 0.1) is 0 Å². The molecule has 1 unspecified atom stereocenters. The van der Waals surface area contributed by atoms with Crippen LogP contribution in [0.15, 0.2) is 88.2 Å². The third kappa shape index (κ3) is 7.96. The molecule has 1 N–H and O–H groups in total. The Morgan fingerprint density at radius 2 is 1.39 bits per heavy atom. The van der Waals surface area contributed by atoms with Crippen molar-refractivity contribution in [3.8, 4) is 28.7 Å². The third-order valence-corrected chi connectivity index (χ3v) is 9.48. The average Bonchev–Trinajstić information content (AvgIpc) is 3.00. The molecule has 0 bridgehead atoms. The molecule has 0 heterocycles. The number of hydrogen-bond donors (Lipinski definition) is 1. The molecule has 0 fully saturated rings. The molecule has 0 spiro atoms. The highest BCUT2D eigenvalue weighted by atomic mass is 79.9. The van der Waals surface area contributed by atoms with E-state index in [4.69, 9.17) is 42.1 Å². The molecule has 13 heteroatoms. The molecule has 4 rings (SSSR count). The Morgan fingerprint density at radius 1 is 0.864 bits per heavy atom. The van der Waals surface area contributed by atoms with Gasteiger partial charge in [-0.2, -0.15) is 4.31 Å². The van der Waals surface area contributed by atoms with Crippen molar-refractivity contribution in [2.45, 2.75) is 31.0 Å². The minimum atomic E-state index is -4.52. The molecular formula is C31H28BrCl2NO8S. The van der Waals surface area contributed by atoms with Gasteiger partial charge in [-0.05, 0) is 66.6 Å². The Balaban J connectivity index is 1.78. The van der Waals surface area contributed by atoms with E-state index in [1.54, 1.807) is 67.8 Å². The van der Waals surface area contributed by atoms with E-state index in [9.17, 15) is 18.3 Å². The highest BCUT2D eigenvalue weighted by Gasteiger charge is 2.36. The number of nitrogens with zero attached hydrogens (tertiary/aromatic N) is 1. The number of sulfonamides is 1. The molecule has 0 saturated heterocycles. The molecule has 0 aromatic heterocycles. The maximum Gasteiger partial charge on any atom is 0.321 e. The lowest BCUT2D eigenvalue weighted by atomic mass is 10.2. The van der Waals surface area contributed by atoms with Gasteiger partial charge in [0.15, 0.2) is 5.75 Å². The maximum atomic E-state index is 14.3. The van der Waals surface area contributed by atoms with Crippen molar-refractivity contribution in [3.63, 3.8) is 0 Å². The molecule has 4 aromatic carbocycles. The van der Waals surface area contributed by atoms with Gasteiger partial charge in [-0.3, -0.25) is 4.79 Å². The van der Waals surface area contributed by atoms with E-state index in [1.807, 2.05) is 0 Å². The first-order valence-corrected chi connectivity index (χ1v) is 16.0. The summed E-state index contributed by atoms with van der Waals surface area (Å²) in [5, 5.41) is 10.3. The quantitative estimate of drug-likeness (QED) is 0.149. The highest BCUT2D eigenvalue weighted by Crippen LogP contribution is 2.41. The molecule has 0 aliphatic carbocycles. The van der Waals surface area contributed by atoms with Crippen molar-refractivity contribution >= 4 is 55.1 Å². The Morgan fingerprint density at radius 3 is 1.91 bits per heavy atom. The van der Waals surface area contributed by atoms with Crippen LogP contribution in [0.5, 0.6) is 28.7 Å². The number of rotatable bonds is 13. The predicted octanol–water partition coefficient (Wildman–Crippen LogP) is 7.81. The normalized spacial score (nSPS) is 12.1. The van der Waals surface area contributed by atoms with Gasteiger partial charge in [-0.25, -0.2) is 8.42 Å². The van der Waals surface area contributed by atoms with E-state index in [1.165, 1.54) is 32.2 Å². The Hall–Kier alpha value is -3.48. The number of carboxylic acid groups (broad SMARTS) is 1. The number of carbonyl (C=O) groups is 1. The van der Waals surface area contributed by atoms with Gasteiger partial charge >= 0.3 is 5.97 Å². The monoisotopic (exact) mass is 723 g/mol. The van der Waals surface area contributed by atoms with E-state index < -0.39 is 22.0 Å². The zero-order valence-electron chi connectivity index (χ0n) is 23.8. The van der Waals surface area contributed by atoms with Gasteiger partial charge in [0.25, 0.3) is 0 Å². The number of ether oxygens (including phenoxy) is 4. The number of aliphatic carboxylic acids is 1. The van der Waals surface area contributed by atoms with Crippen LogP contribution in [0.25, 0.3) is 0 Å². The van der Waals surface area contributed by atoms with Crippen molar-refractivity contribution in [1.29, 1.82) is 0 Å². The molecular weight excluding hydrogens is 697 g/mol. The molecule has 232 valence electrons. The zero-order valence-corrected chi connectivity index (χ0v) is 27.7. The Kier molecular flexibility index (Phi) is 11.0. The summed E-state index contributed by atoms with van der Waals surface area (Å²) in [6.07, 6.45) is 0. The summed E-state index contributed by atoms with van der Waals surface area (Å²) in [6.45, 7) is 1.07. The summed E-state index contributed by atoms with van der Waals surface area (Å²) < 4.78 is 52.5. The fourth-order valence-electron chi connectivity index (χ4n) is 4.09. The average molecular weight is 725 g/mol. The van der Waals surface area contributed by atoms with Crippen LogP contribution in [0.3, 0.4) is 0 Å². The molecule has 0 saturated carbocycles. The number of benzene rings is 4. The first-order chi connectivity index (χ1) is 20.9. The largest absolute Gasteiger partial charge is 0.497 e. The number of carboxylic acids is 1. The zero-order chi connectivity index (χ0) is 32.0. The van der Waals surface area contributed by atoms with Crippen LogP contribution in [0.2, 0.25) is 10.0 Å². The topological polar surface area (TPSA) is 112 Å². The van der Waals surface area contributed by atoms with Crippen molar-refractivity contribution < 1.29 is 37.3 Å². The van der Waals surface area contributed by atoms with Crippen LogP contribution in [-0.4, -0.2) is 44.1 Å². The lowest BCUT2D eigenvalue weighted by Gasteiger charge is -2.27. The van der Waals surface area contributed by atoms with Crippen LogP contribution < -0.4 is 18.9 Å². The molecule has 0 radical (unpaired) electrons. The predicted molar refractivity (Wildman–Crippen MR) is 171 cm³/mol. The summed E-state index contributed by atoms with van der Waals surface area (Å²) in [5.74, 6) is 0.0705. The second kappa shape index (κ2) is 14.5. The molecule has 4 aromatic rings. The standard InChI is InChI=1S/C31H28BrCl2NO8S/c1-19(31(36)37)35(17-20-4-8-23(40-2)9-5-20)44(38,39)29-16-25(43-30-26(33)14-22(32)15-27(30)34)12-13-28(29)42-18-21-6-10-24(41-3)11-7-21/h4-16,19H,17-18H2,1-3H3,(H,36,37). The van der Waals surface area contributed by atoms with Gasteiger partial charge in [0.05, 0.1) is 24.3 Å². The summed E-state index contributed by atoms with van der Waals surface area (Å²) in [5.41, 5.74) is 1.29. The Bertz CT molecular complexity index is 1710. The van der Waals surface area contributed by atoms with Gasteiger partial charge in [0, 0.05) is 17.1 Å². The van der Waals surface area contributed by atoms with E-state index in [2.05, 4.69) is 15.9 Å². The maximum absolute atomic E-state index is 14.3. The minimum absolute atomic E-state index is 0.0153. The second-order valence-electron chi connectivity index (χ2n) is 9.46. The van der Waals surface area contributed by atoms with Crippen molar-refractivity contribution in [2.24, 2.45) is 0 Å². The summed E-state index contributed by atoms with van der Waals surface area (Å²) in [7, 11) is -1.46. The lowest BCUT2D eigenvalue weighted by molar-refractivity contribution is -0.141. The SMILES string of the molecule is COc1ccc(COc2ccc(Oc3c(Cl)cc(Br)cc3Cl)cc2S(=O)(=O)N(Cc2ccc(OC)cc2)C(C)C(=O)O)cc1. The summed E-state index contributed by atoms with van der Waals surface area (Å²) >= 11 is 16.0. The van der Waals surface area contributed by atoms with E-state index in [0.29, 0.717) is 21.5 Å². The van der Waals surface area contributed by atoms with Crippen LogP contribution in [0.4, 0.5) is 0 Å². The number of halogens is 3. The van der Waals surface area contributed by atoms with Gasteiger partial charge in [-0.1, -0.05) is 63.4 Å². The summed E-state index contributed by atoms with van der Waals surface area (Å²) in [4.78, 5) is 11.8. The molecule has 0 aliphatic rings. The van der Waals surface area contributed by atoms with Crippen LogP contribution in [0.1, 0.15) is 18.1 Å². The number of methoxy groups -OCH3 is 2. The molecule has 1 atom stereocenters. The first kappa shape index (κ1) is 33.4.